The number of hydrogen-bond donors (Lipinski definition) is 0. The molecule has 0 heterocycles. The maximum absolute atomic E-state index is 8.50. The average Bonchev–Trinajstić information content (AvgIpc) is 3.78. The van der Waals surface area contributed by atoms with Gasteiger partial charge in [0.15, 0.2) is 0 Å². The van der Waals surface area contributed by atoms with Crippen LogP contribution in [-0.2, 0) is 15.6 Å². The van der Waals surface area contributed by atoms with E-state index in [0.29, 0.717) is 0 Å². The molecule has 0 saturated carbocycles. The summed E-state index contributed by atoms with van der Waals surface area (Å²) in [5.74, 6) is -1.07. The normalized spacial score (nSPS) is 23.6. The molecule has 4 atom stereocenters. The fraction of sp³-hybridized carbons (Fsp3) is 0.200. The molecule has 0 N–H and O–H groups in total. The second-order valence-electron chi connectivity index (χ2n) is 13.7. The van der Waals surface area contributed by atoms with Crippen molar-refractivity contribution in [2.24, 2.45) is 0 Å². The number of benzene rings is 4. The third-order valence-electron chi connectivity index (χ3n) is 11.1. The van der Waals surface area contributed by atoms with Crippen molar-refractivity contribution in [2.45, 2.75) is 46.0 Å². The Labute approximate surface area is 270 Å². The van der Waals surface area contributed by atoms with Crippen molar-refractivity contribution in [2.75, 3.05) is 0 Å². The molecule has 0 amide bonds. The van der Waals surface area contributed by atoms with Crippen LogP contribution in [0.5, 0.6) is 0 Å². The third-order valence-corrected chi connectivity index (χ3v) is 63.4. The molecule has 0 spiro atoms. The second kappa shape index (κ2) is 10.3. The van der Waals surface area contributed by atoms with Crippen LogP contribution in [0.25, 0.3) is 24.3 Å². The van der Waals surface area contributed by atoms with E-state index in [9.17, 15) is 0 Å². The van der Waals surface area contributed by atoms with Crippen molar-refractivity contribution in [1.29, 1.82) is 0 Å². The van der Waals surface area contributed by atoms with Crippen LogP contribution in [0.3, 0.4) is 0 Å². The summed E-state index contributed by atoms with van der Waals surface area (Å²) >= 11 is -4.71. The van der Waals surface area contributed by atoms with Gasteiger partial charge >= 0.3 is 273 Å². The molecule has 4 aromatic rings. The summed E-state index contributed by atoms with van der Waals surface area (Å²) in [5, 5.41) is 0. The molecule has 4 unspecified atom stereocenters. The summed E-state index contributed by atoms with van der Waals surface area (Å²) in [7, 11) is 17.0. The van der Waals surface area contributed by atoms with E-state index in [0.717, 1.165) is 0 Å². The third kappa shape index (κ3) is 3.97. The van der Waals surface area contributed by atoms with Gasteiger partial charge in [0.2, 0.25) is 0 Å². The summed E-state index contributed by atoms with van der Waals surface area (Å²) in [5.41, 5.74) is 16.3. The molecular weight excluding hydrogens is 671 g/mol. The zero-order chi connectivity index (χ0) is 30.4. The first-order valence-electron chi connectivity index (χ1n) is 15.9. The van der Waals surface area contributed by atoms with Crippen molar-refractivity contribution < 1.29 is 15.6 Å². The van der Waals surface area contributed by atoms with Crippen LogP contribution in [0, 0.1) is 0 Å². The van der Waals surface area contributed by atoms with Gasteiger partial charge in [-0.15, -0.1) is 0 Å². The molecule has 4 aliphatic carbocycles. The monoisotopic (exact) mass is 705 g/mol. The summed E-state index contributed by atoms with van der Waals surface area (Å²) in [6.07, 6.45) is 14.1. The Morgan fingerprint density at radius 1 is 0.523 bits per heavy atom. The van der Waals surface area contributed by atoms with Gasteiger partial charge in [-0.1, -0.05) is 0 Å². The zero-order valence-corrected chi connectivity index (χ0v) is 30.8. The van der Waals surface area contributed by atoms with Crippen LogP contribution < -0.4 is 0 Å². The number of allylic oxidation sites excluding steroid dienone is 4. The van der Waals surface area contributed by atoms with E-state index >= 15 is 0 Å². The predicted octanol–water partition coefficient (Wildman–Crippen LogP) is 11.6. The minimum atomic E-state index is -4.71. The molecule has 0 radical (unpaired) electrons. The first-order chi connectivity index (χ1) is 21.2. The Morgan fingerprint density at radius 2 is 0.909 bits per heavy atom. The summed E-state index contributed by atoms with van der Waals surface area (Å²) in [6, 6.07) is 31.4. The van der Waals surface area contributed by atoms with Gasteiger partial charge in [0.1, 0.15) is 0 Å². The van der Waals surface area contributed by atoms with Gasteiger partial charge < -0.3 is 0 Å². The maximum atomic E-state index is 8.50. The van der Waals surface area contributed by atoms with Crippen LogP contribution in [-0.4, -0.2) is 5.92 Å². The topological polar surface area (TPSA) is 0 Å². The first kappa shape index (κ1) is 29.0. The van der Waals surface area contributed by atoms with Crippen LogP contribution >= 0.6 is 17.0 Å². The Bertz CT molecular complexity index is 1860. The van der Waals surface area contributed by atoms with Gasteiger partial charge in [-0.05, 0) is 0 Å². The van der Waals surface area contributed by atoms with E-state index in [1.165, 1.54) is 66.8 Å². The molecule has 0 bridgehead atoms. The Kier molecular flexibility index (Phi) is 6.76. The van der Waals surface area contributed by atoms with Gasteiger partial charge in [0.25, 0.3) is 0 Å². The van der Waals surface area contributed by atoms with Crippen LogP contribution in [0.1, 0.15) is 88.6 Å². The molecule has 0 aliphatic heterocycles. The zero-order valence-electron chi connectivity index (χ0n) is 25.7. The van der Waals surface area contributed by atoms with Crippen molar-refractivity contribution in [1.82, 2.24) is 0 Å². The van der Waals surface area contributed by atoms with E-state index in [1.54, 1.807) is 0 Å². The molecule has 0 saturated heterocycles. The predicted molar refractivity (Wildman–Crippen MR) is 191 cm³/mol. The molecule has 219 valence electrons. The summed E-state index contributed by atoms with van der Waals surface area (Å²) < 4.78 is 0.217. The molecular formula is C40H37Cl2SiZr. The first-order valence-corrected chi connectivity index (χ1v) is 32.2. The van der Waals surface area contributed by atoms with E-state index in [-0.39, 0.29) is 19.1 Å². The second-order valence-corrected chi connectivity index (χ2v) is 56.2. The van der Waals surface area contributed by atoms with Crippen LogP contribution in [0.15, 0.2) is 108 Å². The van der Waals surface area contributed by atoms with Gasteiger partial charge in [-0.3, -0.25) is 0 Å². The van der Waals surface area contributed by atoms with Crippen LogP contribution in [0.2, 0.25) is 13.1 Å². The Hall–Kier alpha value is -2.48. The van der Waals surface area contributed by atoms with Gasteiger partial charge in [-0.25, -0.2) is 0 Å². The fourth-order valence-electron chi connectivity index (χ4n) is 9.03. The number of fused-ring (bicyclic) bond motifs is 4. The van der Waals surface area contributed by atoms with Crippen molar-refractivity contribution >= 4 is 47.3 Å². The summed E-state index contributed by atoms with van der Waals surface area (Å²) in [4.78, 5) is 0. The quantitative estimate of drug-likeness (QED) is 0.181. The van der Waals surface area contributed by atoms with E-state index in [2.05, 4.69) is 148 Å². The molecule has 44 heavy (non-hydrogen) atoms. The van der Waals surface area contributed by atoms with Crippen LogP contribution in [0.4, 0.5) is 0 Å². The van der Waals surface area contributed by atoms with Crippen molar-refractivity contribution in [3.05, 3.63) is 164 Å². The molecule has 0 nitrogen and oxygen atoms in total. The number of halogens is 2. The standard InChI is InChI=1S/2C19H15.C2H7Si.2ClH.Zr/c2*1-13-11-15-6-4-8-17(19(15)12-13)18-10-9-14-5-2-3-7-16(14)18;1-3-2;;;/h2*2-12,18H,1H3;3H,1-2H3;2*1H;/q;;;;;+2/p-2. The molecule has 8 rings (SSSR count). The van der Waals surface area contributed by atoms with Crippen molar-refractivity contribution in [3.63, 3.8) is 0 Å². The summed E-state index contributed by atoms with van der Waals surface area (Å²) in [6.45, 7) is 9.46. The molecule has 0 fully saturated rings. The number of hydrogen-bond acceptors (Lipinski definition) is 0. The molecule has 4 aromatic carbocycles. The Balaban J connectivity index is 1.27. The molecule has 0 aromatic heterocycles. The average molecular weight is 708 g/mol. The molecule has 4 aliphatic rings. The number of rotatable bonds is 5. The van der Waals surface area contributed by atoms with Gasteiger partial charge in [0.05, 0.1) is 0 Å². The van der Waals surface area contributed by atoms with Gasteiger partial charge in [-0.2, -0.15) is 0 Å². The van der Waals surface area contributed by atoms with E-state index in [4.69, 9.17) is 17.0 Å². The molecule has 4 heteroatoms. The fourth-order valence-corrected chi connectivity index (χ4v) is 42.0. The minimum absolute atomic E-state index is 0.108. The van der Waals surface area contributed by atoms with Gasteiger partial charge in [0, 0.05) is 0 Å². The Morgan fingerprint density at radius 3 is 1.34 bits per heavy atom. The van der Waals surface area contributed by atoms with E-state index < -0.39 is 21.5 Å². The SMILES string of the molecule is CC1=Cc2c(C3C=Cc4ccccc43)cccc2[CH]1[Zr]([Cl])([Cl])([CH]1C(C)=Cc2c(C3C=Cc4ccccc43)cccc21)[SiH](C)C. The van der Waals surface area contributed by atoms with E-state index in [1.807, 2.05) is 0 Å². The van der Waals surface area contributed by atoms with Crippen molar-refractivity contribution in [3.8, 4) is 0 Å².